The molecule has 2 aromatic rings. The molecule has 0 aliphatic carbocycles. The summed E-state index contributed by atoms with van der Waals surface area (Å²) in [6, 6.07) is 7.15. The van der Waals surface area contributed by atoms with Gasteiger partial charge in [-0.25, -0.2) is 4.39 Å². The lowest BCUT2D eigenvalue weighted by Crippen LogP contribution is -2.32. The van der Waals surface area contributed by atoms with E-state index in [1.165, 1.54) is 17.1 Å². The fourth-order valence-corrected chi connectivity index (χ4v) is 3.03. The van der Waals surface area contributed by atoms with Gasteiger partial charge < -0.3 is 10.6 Å². The molecule has 0 aliphatic rings. The van der Waals surface area contributed by atoms with Crippen LogP contribution in [-0.4, -0.2) is 30.0 Å². The molecule has 2 heterocycles. The Morgan fingerprint density at radius 1 is 1.38 bits per heavy atom. The molecule has 2 N–H and O–H groups in total. The second-order valence-electron chi connectivity index (χ2n) is 5.50. The number of aromatic nitrogens is 1. The lowest BCUT2D eigenvalue weighted by molar-refractivity contribution is 0.266. The van der Waals surface area contributed by atoms with Crippen molar-refractivity contribution >= 4 is 11.3 Å². The summed E-state index contributed by atoms with van der Waals surface area (Å²) >= 11 is 1.79. The van der Waals surface area contributed by atoms with Crippen molar-refractivity contribution in [2.45, 2.75) is 19.4 Å². The van der Waals surface area contributed by atoms with Crippen molar-refractivity contribution in [3.63, 3.8) is 0 Å². The van der Waals surface area contributed by atoms with Gasteiger partial charge in [0, 0.05) is 18.0 Å². The van der Waals surface area contributed by atoms with Crippen LogP contribution < -0.4 is 5.73 Å². The molecule has 0 saturated carbocycles. The number of nitrogens with two attached hydrogens (primary N) is 1. The third kappa shape index (κ3) is 4.88. The average Bonchev–Trinajstić information content (AvgIpc) is 2.98. The summed E-state index contributed by atoms with van der Waals surface area (Å²) in [5.74, 6) is -0.0667. The van der Waals surface area contributed by atoms with Gasteiger partial charge in [-0.2, -0.15) is 0 Å². The molecular weight excluding hydrogens is 285 g/mol. The normalized spacial score (nSPS) is 14.3. The first-order valence-electron chi connectivity index (χ1n) is 7.14. The number of thiophene rings is 1. The van der Waals surface area contributed by atoms with Crippen LogP contribution in [0.15, 0.2) is 35.8 Å². The topological polar surface area (TPSA) is 42.1 Å². The molecule has 0 radical (unpaired) electrons. The summed E-state index contributed by atoms with van der Waals surface area (Å²) in [5, 5.41) is 2.11. The van der Waals surface area contributed by atoms with E-state index in [1.54, 1.807) is 17.4 Å². The fourth-order valence-electron chi connectivity index (χ4n) is 2.33. The number of rotatable bonds is 7. The minimum absolute atomic E-state index is 0.171. The highest BCUT2D eigenvalue weighted by Gasteiger charge is 2.18. The SMILES string of the molecule is CC(CN(C)CCc1cccs1)C(N)c1ccc(F)cn1. The van der Waals surface area contributed by atoms with E-state index in [0.717, 1.165) is 25.2 Å². The van der Waals surface area contributed by atoms with Crippen molar-refractivity contribution in [3.8, 4) is 0 Å². The molecule has 0 bridgehead atoms. The van der Waals surface area contributed by atoms with Crippen LogP contribution in [0.25, 0.3) is 0 Å². The highest BCUT2D eigenvalue weighted by molar-refractivity contribution is 7.09. The van der Waals surface area contributed by atoms with E-state index in [9.17, 15) is 4.39 Å². The van der Waals surface area contributed by atoms with Gasteiger partial charge in [-0.1, -0.05) is 13.0 Å². The Morgan fingerprint density at radius 3 is 2.81 bits per heavy atom. The molecule has 2 atom stereocenters. The maximum Gasteiger partial charge on any atom is 0.141 e. The molecule has 0 fully saturated rings. The van der Waals surface area contributed by atoms with E-state index < -0.39 is 0 Å². The molecule has 114 valence electrons. The van der Waals surface area contributed by atoms with E-state index in [4.69, 9.17) is 5.73 Å². The summed E-state index contributed by atoms with van der Waals surface area (Å²) in [5.41, 5.74) is 6.96. The third-order valence-corrected chi connectivity index (χ3v) is 4.56. The maximum absolute atomic E-state index is 12.9. The summed E-state index contributed by atoms with van der Waals surface area (Å²) in [4.78, 5) is 7.76. The largest absolute Gasteiger partial charge is 0.322 e. The van der Waals surface area contributed by atoms with Crippen LogP contribution in [0, 0.1) is 11.7 Å². The van der Waals surface area contributed by atoms with Gasteiger partial charge in [0.05, 0.1) is 17.9 Å². The maximum atomic E-state index is 12.9. The van der Waals surface area contributed by atoms with Crippen molar-refractivity contribution in [1.82, 2.24) is 9.88 Å². The van der Waals surface area contributed by atoms with Crippen molar-refractivity contribution in [2.24, 2.45) is 11.7 Å². The summed E-state index contributed by atoms with van der Waals surface area (Å²) in [6.45, 7) is 4.01. The Hall–Kier alpha value is -1.30. The summed E-state index contributed by atoms with van der Waals surface area (Å²) < 4.78 is 12.9. The highest BCUT2D eigenvalue weighted by atomic mass is 32.1. The van der Waals surface area contributed by atoms with Gasteiger partial charge in [-0.05, 0) is 43.0 Å². The predicted octanol–water partition coefficient (Wildman–Crippen LogP) is 3.09. The second kappa shape index (κ2) is 7.64. The van der Waals surface area contributed by atoms with Gasteiger partial charge in [0.25, 0.3) is 0 Å². The van der Waals surface area contributed by atoms with Gasteiger partial charge >= 0.3 is 0 Å². The van der Waals surface area contributed by atoms with Crippen LogP contribution in [0.4, 0.5) is 4.39 Å². The van der Waals surface area contributed by atoms with Crippen molar-refractivity contribution < 1.29 is 4.39 Å². The van der Waals surface area contributed by atoms with Crippen molar-refractivity contribution in [1.29, 1.82) is 0 Å². The quantitative estimate of drug-likeness (QED) is 0.854. The lowest BCUT2D eigenvalue weighted by Gasteiger charge is -2.25. The Balaban J connectivity index is 1.82. The van der Waals surface area contributed by atoms with Crippen molar-refractivity contribution in [3.05, 3.63) is 52.2 Å². The average molecular weight is 307 g/mol. The van der Waals surface area contributed by atoms with E-state index in [1.807, 2.05) is 0 Å². The van der Waals surface area contributed by atoms with Crippen LogP contribution in [0.3, 0.4) is 0 Å². The molecule has 0 amide bonds. The second-order valence-corrected chi connectivity index (χ2v) is 6.53. The van der Waals surface area contributed by atoms with Gasteiger partial charge in [0.2, 0.25) is 0 Å². The molecule has 2 aromatic heterocycles. The molecule has 0 aromatic carbocycles. The Labute approximate surface area is 129 Å². The first-order valence-corrected chi connectivity index (χ1v) is 8.02. The molecular formula is C16H22FN3S. The zero-order chi connectivity index (χ0) is 15.2. The van der Waals surface area contributed by atoms with Gasteiger partial charge in [-0.3, -0.25) is 4.98 Å². The Kier molecular flexibility index (Phi) is 5.85. The van der Waals surface area contributed by atoms with Gasteiger partial charge in [0.15, 0.2) is 0 Å². The van der Waals surface area contributed by atoms with E-state index in [0.29, 0.717) is 0 Å². The smallest absolute Gasteiger partial charge is 0.141 e. The highest BCUT2D eigenvalue weighted by Crippen LogP contribution is 2.18. The minimum Gasteiger partial charge on any atom is -0.322 e. The molecule has 3 nitrogen and oxygen atoms in total. The van der Waals surface area contributed by atoms with Gasteiger partial charge in [0.1, 0.15) is 5.82 Å². The monoisotopic (exact) mass is 307 g/mol. The first kappa shape index (κ1) is 16.1. The molecule has 0 saturated heterocycles. The van der Waals surface area contributed by atoms with E-state index in [-0.39, 0.29) is 17.8 Å². The molecule has 2 unspecified atom stereocenters. The van der Waals surface area contributed by atoms with E-state index >= 15 is 0 Å². The van der Waals surface area contributed by atoms with Crippen LogP contribution in [0.2, 0.25) is 0 Å². The number of hydrogen-bond donors (Lipinski definition) is 1. The fraction of sp³-hybridized carbons (Fsp3) is 0.438. The number of hydrogen-bond acceptors (Lipinski definition) is 4. The lowest BCUT2D eigenvalue weighted by atomic mass is 9.98. The number of likely N-dealkylation sites (N-methyl/N-ethyl adjacent to an activating group) is 1. The van der Waals surface area contributed by atoms with E-state index in [2.05, 4.69) is 41.4 Å². The Morgan fingerprint density at radius 2 is 2.19 bits per heavy atom. The zero-order valence-corrected chi connectivity index (χ0v) is 13.3. The Bertz CT molecular complexity index is 527. The molecule has 5 heteroatoms. The summed E-state index contributed by atoms with van der Waals surface area (Å²) in [7, 11) is 2.11. The third-order valence-electron chi connectivity index (χ3n) is 3.62. The first-order chi connectivity index (χ1) is 10.1. The van der Waals surface area contributed by atoms with Crippen LogP contribution in [0.5, 0.6) is 0 Å². The van der Waals surface area contributed by atoms with Crippen LogP contribution in [-0.2, 0) is 6.42 Å². The number of pyridine rings is 1. The molecule has 21 heavy (non-hydrogen) atoms. The minimum atomic E-state index is -0.327. The van der Waals surface area contributed by atoms with Crippen molar-refractivity contribution in [2.75, 3.05) is 20.1 Å². The predicted molar refractivity (Wildman–Crippen MR) is 85.8 cm³/mol. The molecule has 0 aliphatic heterocycles. The standard InChI is InChI=1S/C16H22FN3S/c1-12(16(18)15-6-5-13(17)10-19-15)11-20(2)8-7-14-4-3-9-21-14/h3-6,9-10,12,16H,7-8,11,18H2,1-2H3. The van der Waals surface area contributed by atoms with Crippen LogP contribution >= 0.6 is 11.3 Å². The number of nitrogens with zero attached hydrogens (tertiary/aromatic N) is 2. The van der Waals surface area contributed by atoms with Crippen LogP contribution in [0.1, 0.15) is 23.5 Å². The molecule has 0 spiro atoms. The molecule has 2 rings (SSSR count). The number of halogens is 1. The van der Waals surface area contributed by atoms with Gasteiger partial charge in [-0.15, -0.1) is 11.3 Å². The summed E-state index contributed by atoms with van der Waals surface area (Å²) in [6.07, 6.45) is 2.29. The zero-order valence-electron chi connectivity index (χ0n) is 12.5.